The molecule has 1 saturated carbocycles. The average Bonchev–Trinajstić information content (AvgIpc) is 2.98. The van der Waals surface area contributed by atoms with Gasteiger partial charge in [-0.25, -0.2) is 4.79 Å². The molecule has 1 atom stereocenters. The van der Waals surface area contributed by atoms with Gasteiger partial charge in [-0.3, -0.25) is 4.57 Å². The number of nitrogens with zero attached hydrogens (tertiary/aromatic N) is 2. The van der Waals surface area contributed by atoms with Crippen molar-refractivity contribution in [1.82, 2.24) is 14.5 Å². The van der Waals surface area contributed by atoms with Crippen LogP contribution in [0.5, 0.6) is 0 Å². The smallest absolute Gasteiger partial charge is 0.306 e. The van der Waals surface area contributed by atoms with E-state index in [9.17, 15) is 4.79 Å². The molecule has 2 aromatic rings. The number of aromatic nitrogens is 2. The molecule has 0 amide bonds. The van der Waals surface area contributed by atoms with Crippen molar-refractivity contribution in [2.24, 2.45) is 5.92 Å². The molecule has 2 aliphatic rings. The summed E-state index contributed by atoms with van der Waals surface area (Å²) in [5.74, 6) is 0.881. The van der Waals surface area contributed by atoms with Gasteiger partial charge in [0.2, 0.25) is 0 Å². The van der Waals surface area contributed by atoms with Gasteiger partial charge in [0.25, 0.3) is 0 Å². The molecule has 2 fully saturated rings. The van der Waals surface area contributed by atoms with Gasteiger partial charge in [-0.15, -0.1) is 0 Å². The molecule has 130 valence electrons. The maximum Gasteiger partial charge on any atom is 0.326 e. The zero-order valence-corrected chi connectivity index (χ0v) is 14.7. The number of hydrogen-bond acceptors (Lipinski definition) is 2. The van der Waals surface area contributed by atoms with E-state index in [1.165, 1.54) is 32.1 Å². The Kier molecular flexibility index (Phi) is 4.49. The molecular formula is C20H29N3O. The molecule has 4 rings (SSSR count). The van der Waals surface area contributed by atoms with Crippen molar-refractivity contribution in [2.75, 3.05) is 13.1 Å². The topological polar surface area (TPSA) is 41.0 Å². The van der Waals surface area contributed by atoms with Gasteiger partial charge in [-0.05, 0) is 50.7 Å². The summed E-state index contributed by atoms with van der Waals surface area (Å²) >= 11 is 0. The van der Waals surface area contributed by atoms with Crippen molar-refractivity contribution in [2.45, 2.75) is 64.0 Å². The largest absolute Gasteiger partial charge is 0.326 e. The number of nitrogens with one attached hydrogen (secondary N) is 1. The maximum absolute atomic E-state index is 12.4. The molecule has 1 saturated heterocycles. The summed E-state index contributed by atoms with van der Waals surface area (Å²) in [6, 6.07) is 9.09. The SMILES string of the molecule is CC(C1CCCCC1)N1CCC(n2c(=O)[nH]c3ccccc32)CC1. The van der Waals surface area contributed by atoms with Crippen LogP contribution in [0.15, 0.2) is 29.1 Å². The van der Waals surface area contributed by atoms with Gasteiger partial charge in [0, 0.05) is 25.2 Å². The summed E-state index contributed by atoms with van der Waals surface area (Å²) in [5.41, 5.74) is 2.07. The van der Waals surface area contributed by atoms with E-state index in [4.69, 9.17) is 0 Å². The van der Waals surface area contributed by atoms with Crippen LogP contribution in [-0.4, -0.2) is 33.6 Å². The minimum atomic E-state index is 0.0509. The van der Waals surface area contributed by atoms with Crippen molar-refractivity contribution in [3.05, 3.63) is 34.7 Å². The van der Waals surface area contributed by atoms with Gasteiger partial charge < -0.3 is 9.88 Å². The third-order valence-corrected chi connectivity index (χ3v) is 6.40. The molecule has 1 N–H and O–H groups in total. The lowest BCUT2D eigenvalue weighted by atomic mass is 9.83. The minimum absolute atomic E-state index is 0.0509. The van der Waals surface area contributed by atoms with Crippen LogP contribution < -0.4 is 5.69 Å². The second-order valence-corrected chi connectivity index (χ2v) is 7.72. The van der Waals surface area contributed by atoms with Crippen molar-refractivity contribution in [3.63, 3.8) is 0 Å². The molecule has 24 heavy (non-hydrogen) atoms. The van der Waals surface area contributed by atoms with E-state index in [2.05, 4.69) is 22.9 Å². The fourth-order valence-electron chi connectivity index (χ4n) is 4.90. The highest BCUT2D eigenvalue weighted by Crippen LogP contribution is 2.32. The summed E-state index contributed by atoms with van der Waals surface area (Å²) in [5, 5.41) is 0. The van der Waals surface area contributed by atoms with Gasteiger partial charge in [-0.1, -0.05) is 31.4 Å². The van der Waals surface area contributed by atoms with E-state index < -0.39 is 0 Å². The van der Waals surface area contributed by atoms with E-state index >= 15 is 0 Å². The Labute approximate surface area is 143 Å². The average molecular weight is 327 g/mol. The second-order valence-electron chi connectivity index (χ2n) is 7.72. The molecule has 1 aromatic carbocycles. The zero-order valence-electron chi connectivity index (χ0n) is 14.7. The highest BCUT2D eigenvalue weighted by atomic mass is 16.1. The highest BCUT2D eigenvalue weighted by Gasteiger charge is 2.30. The van der Waals surface area contributed by atoms with E-state index in [1.54, 1.807) is 0 Å². The molecule has 0 radical (unpaired) electrons. The first-order chi connectivity index (χ1) is 11.7. The normalized spacial score (nSPS) is 22.9. The number of likely N-dealkylation sites (tertiary alicyclic amines) is 1. The third-order valence-electron chi connectivity index (χ3n) is 6.40. The van der Waals surface area contributed by atoms with Gasteiger partial charge in [0.15, 0.2) is 0 Å². The summed E-state index contributed by atoms with van der Waals surface area (Å²) in [4.78, 5) is 18.1. The number of fused-ring (bicyclic) bond motifs is 1. The van der Waals surface area contributed by atoms with E-state index in [1.807, 2.05) is 22.8 Å². The van der Waals surface area contributed by atoms with Crippen molar-refractivity contribution >= 4 is 11.0 Å². The zero-order chi connectivity index (χ0) is 16.5. The third kappa shape index (κ3) is 2.92. The molecule has 1 aliphatic heterocycles. The summed E-state index contributed by atoms with van der Waals surface area (Å²) < 4.78 is 2.00. The number of aromatic amines is 1. The number of imidazole rings is 1. The maximum atomic E-state index is 12.4. The Morgan fingerprint density at radius 2 is 1.75 bits per heavy atom. The predicted octanol–water partition coefficient (Wildman–Crippen LogP) is 3.94. The molecule has 0 spiro atoms. The summed E-state index contributed by atoms with van der Waals surface area (Å²) in [6.45, 7) is 4.66. The van der Waals surface area contributed by atoms with Crippen LogP contribution in [0.1, 0.15) is 57.9 Å². The van der Waals surface area contributed by atoms with Crippen LogP contribution in [0.4, 0.5) is 0 Å². The second kappa shape index (κ2) is 6.75. The molecule has 4 nitrogen and oxygen atoms in total. The van der Waals surface area contributed by atoms with Crippen molar-refractivity contribution in [3.8, 4) is 0 Å². The number of rotatable bonds is 3. The first-order valence-corrected chi connectivity index (χ1v) is 9.67. The fraction of sp³-hybridized carbons (Fsp3) is 0.650. The molecule has 0 bridgehead atoms. The number of piperidine rings is 1. The van der Waals surface area contributed by atoms with Crippen molar-refractivity contribution in [1.29, 1.82) is 0 Å². The standard InChI is InChI=1S/C20H29N3O/c1-15(16-7-3-2-4-8-16)22-13-11-17(12-14-22)23-19-10-6-5-9-18(19)21-20(23)24/h5-6,9-10,15-17H,2-4,7-8,11-14H2,1H3,(H,21,24). The Balaban J connectivity index is 1.45. The number of hydrogen-bond donors (Lipinski definition) is 1. The monoisotopic (exact) mass is 327 g/mol. The number of H-pyrrole nitrogens is 1. The molecule has 2 heterocycles. The molecule has 1 unspecified atom stereocenters. The lowest BCUT2D eigenvalue weighted by molar-refractivity contribution is 0.0915. The minimum Gasteiger partial charge on any atom is -0.306 e. The first kappa shape index (κ1) is 15.9. The van der Waals surface area contributed by atoms with E-state index in [0.29, 0.717) is 12.1 Å². The summed E-state index contributed by atoms with van der Waals surface area (Å²) in [6.07, 6.45) is 9.23. The van der Waals surface area contributed by atoms with E-state index in [0.717, 1.165) is 42.9 Å². The highest BCUT2D eigenvalue weighted by molar-refractivity contribution is 5.75. The van der Waals surface area contributed by atoms with Crippen LogP contribution in [-0.2, 0) is 0 Å². The van der Waals surface area contributed by atoms with E-state index in [-0.39, 0.29) is 5.69 Å². The van der Waals surface area contributed by atoms with Crippen LogP contribution in [0, 0.1) is 5.92 Å². The van der Waals surface area contributed by atoms with Crippen LogP contribution in [0.2, 0.25) is 0 Å². The Morgan fingerprint density at radius 3 is 2.50 bits per heavy atom. The van der Waals surface area contributed by atoms with Gasteiger partial charge >= 0.3 is 5.69 Å². The van der Waals surface area contributed by atoms with Crippen LogP contribution in [0.25, 0.3) is 11.0 Å². The van der Waals surface area contributed by atoms with Crippen LogP contribution in [0.3, 0.4) is 0 Å². The van der Waals surface area contributed by atoms with Gasteiger partial charge in [-0.2, -0.15) is 0 Å². The lowest BCUT2D eigenvalue weighted by Gasteiger charge is -2.40. The Bertz CT molecular complexity index is 733. The van der Waals surface area contributed by atoms with Crippen LogP contribution >= 0.6 is 0 Å². The summed E-state index contributed by atoms with van der Waals surface area (Å²) in [7, 11) is 0. The molecular weight excluding hydrogens is 298 g/mol. The molecule has 1 aliphatic carbocycles. The van der Waals surface area contributed by atoms with Gasteiger partial charge in [0.05, 0.1) is 11.0 Å². The number of benzene rings is 1. The lowest BCUT2D eigenvalue weighted by Crippen LogP contribution is -2.45. The Morgan fingerprint density at radius 1 is 1.04 bits per heavy atom. The van der Waals surface area contributed by atoms with Crippen molar-refractivity contribution < 1.29 is 0 Å². The first-order valence-electron chi connectivity index (χ1n) is 9.67. The van der Waals surface area contributed by atoms with Gasteiger partial charge in [0.1, 0.15) is 0 Å². The fourth-order valence-corrected chi connectivity index (χ4v) is 4.90. The predicted molar refractivity (Wildman–Crippen MR) is 98.4 cm³/mol. The number of para-hydroxylation sites is 2. The quantitative estimate of drug-likeness (QED) is 0.928. The molecule has 1 aromatic heterocycles. The Hall–Kier alpha value is -1.55. The molecule has 4 heteroatoms.